The zero-order valence-electron chi connectivity index (χ0n) is 18.0. The van der Waals surface area contributed by atoms with Gasteiger partial charge in [0.1, 0.15) is 0 Å². The molecule has 6 nitrogen and oxygen atoms in total. The maximum absolute atomic E-state index is 12.7. The van der Waals surface area contributed by atoms with E-state index in [0.29, 0.717) is 43.4 Å². The number of piperidine rings is 1. The van der Waals surface area contributed by atoms with Gasteiger partial charge >= 0.3 is 0 Å². The minimum Gasteiger partial charge on any atom is -0.368 e. The van der Waals surface area contributed by atoms with Crippen LogP contribution in [0, 0.1) is 5.92 Å². The second kappa shape index (κ2) is 9.40. The van der Waals surface area contributed by atoms with Crippen LogP contribution in [0.1, 0.15) is 31.7 Å². The largest absolute Gasteiger partial charge is 0.368 e. The highest BCUT2D eigenvalue weighted by Crippen LogP contribution is 2.31. The normalized spacial score (nSPS) is 19.9. The van der Waals surface area contributed by atoms with Crippen molar-refractivity contribution in [2.24, 2.45) is 5.92 Å². The van der Waals surface area contributed by atoms with Gasteiger partial charge in [-0.05, 0) is 56.4 Å². The van der Waals surface area contributed by atoms with Crippen molar-refractivity contribution in [1.82, 2.24) is 9.62 Å². The number of rotatable bonds is 7. The highest BCUT2D eigenvalue weighted by molar-refractivity contribution is 7.89. The summed E-state index contributed by atoms with van der Waals surface area (Å²) in [5, 5.41) is 3.07. The van der Waals surface area contributed by atoms with Crippen LogP contribution in [-0.4, -0.2) is 50.9 Å². The Balaban J connectivity index is 1.21. The summed E-state index contributed by atoms with van der Waals surface area (Å²) in [5.74, 6) is -0.0692. The number of carbonyl (C=O) groups excluding carboxylic acids is 1. The molecule has 2 aliphatic heterocycles. The third-order valence-electron chi connectivity index (χ3n) is 6.43. The average Bonchev–Trinajstić information content (AvgIpc) is 3.12. The third kappa shape index (κ3) is 4.77. The molecule has 7 heteroatoms. The van der Waals surface area contributed by atoms with E-state index in [2.05, 4.69) is 41.4 Å². The van der Waals surface area contributed by atoms with Gasteiger partial charge in [-0.1, -0.05) is 36.4 Å². The van der Waals surface area contributed by atoms with Gasteiger partial charge in [0.2, 0.25) is 15.9 Å². The summed E-state index contributed by atoms with van der Waals surface area (Å²) in [6.45, 7) is 4.59. The number of sulfonamides is 1. The molecule has 1 amide bonds. The molecule has 2 heterocycles. The molecule has 1 saturated heterocycles. The molecule has 0 bridgehead atoms. The van der Waals surface area contributed by atoms with Gasteiger partial charge in [-0.15, -0.1) is 0 Å². The van der Waals surface area contributed by atoms with Crippen LogP contribution in [0.5, 0.6) is 0 Å². The number of carbonyl (C=O) groups is 1. The van der Waals surface area contributed by atoms with Gasteiger partial charge in [0, 0.05) is 43.8 Å². The minimum absolute atomic E-state index is 0.0478. The Morgan fingerprint density at radius 2 is 1.71 bits per heavy atom. The Morgan fingerprint density at radius 1 is 1.03 bits per heavy atom. The number of hydrogen-bond donors (Lipinski definition) is 1. The van der Waals surface area contributed by atoms with Gasteiger partial charge in [-0.25, -0.2) is 8.42 Å². The fourth-order valence-corrected chi connectivity index (χ4v) is 6.17. The zero-order valence-corrected chi connectivity index (χ0v) is 18.9. The Labute approximate surface area is 185 Å². The summed E-state index contributed by atoms with van der Waals surface area (Å²) >= 11 is 0. The van der Waals surface area contributed by atoms with Gasteiger partial charge < -0.3 is 10.2 Å². The lowest BCUT2D eigenvalue weighted by Gasteiger charge is -2.30. The van der Waals surface area contributed by atoms with Crippen LogP contribution in [0.15, 0.2) is 59.5 Å². The molecule has 166 valence electrons. The Morgan fingerprint density at radius 3 is 2.45 bits per heavy atom. The predicted molar refractivity (Wildman–Crippen MR) is 123 cm³/mol. The van der Waals surface area contributed by atoms with Crippen LogP contribution >= 0.6 is 0 Å². The Hall–Kier alpha value is -2.38. The number of fused-ring (bicyclic) bond motifs is 1. The maximum atomic E-state index is 12.7. The van der Waals surface area contributed by atoms with E-state index < -0.39 is 10.0 Å². The third-order valence-corrected chi connectivity index (χ3v) is 8.34. The van der Waals surface area contributed by atoms with Gasteiger partial charge in [-0.3, -0.25) is 4.79 Å². The van der Waals surface area contributed by atoms with Crippen molar-refractivity contribution < 1.29 is 13.2 Å². The van der Waals surface area contributed by atoms with Crippen LogP contribution in [-0.2, 0) is 21.2 Å². The first-order valence-electron chi connectivity index (χ1n) is 11.1. The maximum Gasteiger partial charge on any atom is 0.243 e. The molecule has 1 N–H and O–H groups in total. The first-order chi connectivity index (χ1) is 15.0. The highest BCUT2D eigenvalue weighted by Gasteiger charge is 2.32. The molecular weight excluding hydrogens is 410 g/mol. The smallest absolute Gasteiger partial charge is 0.243 e. The van der Waals surface area contributed by atoms with Crippen LogP contribution in [0.2, 0.25) is 0 Å². The first-order valence-corrected chi connectivity index (χ1v) is 12.6. The van der Waals surface area contributed by atoms with E-state index in [1.165, 1.54) is 15.6 Å². The van der Waals surface area contributed by atoms with Crippen LogP contribution in [0.25, 0.3) is 0 Å². The van der Waals surface area contributed by atoms with Gasteiger partial charge in [0.05, 0.1) is 4.90 Å². The van der Waals surface area contributed by atoms with Crippen molar-refractivity contribution in [2.75, 3.05) is 31.1 Å². The summed E-state index contributed by atoms with van der Waals surface area (Å²) in [6, 6.07) is 17.5. The van der Waals surface area contributed by atoms with E-state index in [9.17, 15) is 13.2 Å². The van der Waals surface area contributed by atoms with Crippen molar-refractivity contribution in [3.05, 3.63) is 60.2 Å². The number of para-hydroxylation sites is 1. The molecule has 0 saturated carbocycles. The molecular formula is C24H31N3O3S. The van der Waals surface area contributed by atoms with Gasteiger partial charge in [-0.2, -0.15) is 4.31 Å². The van der Waals surface area contributed by atoms with Crippen molar-refractivity contribution in [3.63, 3.8) is 0 Å². The SMILES string of the molecule is C[C@@H]1Cc2ccccc2N1CCCNC(=O)C1CCN(S(=O)(=O)c2ccccc2)CC1. The molecule has 0 aromatic heterocycles. The molecule has 2 aromatic carbocycles. The van der Waals surface area contributed by atoms with E-state index in [1.807, 2.05) is 0 Å². The molecule has 1 fully saturated rings. The molecule has 0 aliphatic carbocycles. The number of nitrogens with one attached hydrogen (secondary N) is 1. The summed E-state index contributed by atoms with van der Waals surface area (Å²) in [7, 11) is -3.48. The van der Waals surface area contributed by atoms with E-state index in [-0.39, 0.29) is 11.8 Å². The number of amides is 1. The van der Waals surface area contributed by atoms with Crippen molar-refractivity contribution in [3.8, 4) is 0 Å². The molecule has 0 unspecified atom stereocenters. The number of hydrogen-bond acceptors (Lipinski definition) is 4. The standard InChI is InChI=1S/C24H31N3O3S/c1-19-18-21-8-5-6-11-23(21)27(19)15-7-14-25-24(28)20-12-16-26(17-13-20)31(29,30)22-9-3-2-4-10-22/h2-6,8-11,19-20H,7,12-18H2,1H3,(H,25,28)/t19-/m1/s1. The first kappa shape index (κ1) is 21.8. The second-order valence-electron chi connectivity index (χ2n) is 8.51. The monoisotopic (exact) mass is 441 g/mol. The minimum atomic E-state index is -3.48. The molecule has 4 rings (SSSR count). The van der Waals surface area contributed by atoms with Gasteiger partial charge in [0.15, 0.2) is 0 Å². The quantitative estimate of drug-likeness (QED) is 0.671. The predicted octanol–water partition coefficient (Wildman–Crippen LogP) is 3.04. The number of nitrogens with zero attached hydrogens (tertiary/aromatic N) is 2. The van der Waals surface area contributed by atoms with E-state index >= 15 is 0 Å². The lowest BCUT2D eigenvalue weighted by atomic mass is 9.97. The van der Waals surface area contributed by atoms with Crippen LogP contribution < -0.4 is 10.2 Å². The zero-order chi connectivity index (χ0) is 21.8. The molecule has 31 heavy (non-hydrogen) atoms. The highest BCUT2D eigenvalue weighted by atomic mass is 32.2. The van der Waals surface area contributed by atoms with E-state index in [1.54, 1.807) is 30.3 Å². The fraction of sp³-hybridized carbons (Fsp3) is 0.458. The topological polar surface area (TPSA) is 69.7 Å². The van der Waals surface area contributed by atoms with Crippen molar-refractivity contribution in [2.45, 2.75) is 43.5 Å². The number of benzene rings is 2. The Bertz CT molecular complexity index is 1000. The van der Waals surface area contributed by atoms with Gasteiger partial charge in [0.25, 0.3) is 0 Å². The number of anilines is 1. The van der Waals surface area contributed by atoms with E-state index in [0.717, 1.165) is 19.4 Å². The van der Waals surface area contributed by atoms with Crippen molar-refractivity contribution >= 4 is 21.6 Å². The van der Waals surface area contributed by atoms with Crippen molar-refractivity contribution in [1.29, 1.82) is 0 Å². The molecule has 0 spiro atoms. The van der Waals surface area contributed by atoms with Crippen LogP contribution in [0.3, 0.4) is 0 Å². The summed E-state index contributed by atoms with van der Waals surface area (Å²) < 4.78 is 27.0. The second-order valence-corrected chi connectivity index (χ2v) is 10.4. The Kier molecular flexibility index (Phi) is 6.62. The summed E-state index contributed by atoms with van der Waals surface area (Å²) in [4.78, 5) is 15.3. The lowest BCUT2D eigenvalue weighted by Crippen LogP contribution is -2.43. The summed E-state index contributed by atoms with van der Waals surface area (Å²) in [5.41, 5.74) is 2.71. The van der Waals surface area contributed by atoms with Crippen LogP contribution in [0.4, 0.5) is 5.69 Å². The lowest BCUT2D eigenvalue weighted by molar-refractivity contribution is -0.126. The van der Waals surface area contributed by atoms with E-state index in [4.69, 9.17) is 0 Å². The molecule has 0 radical (unpaired) electrons. The average molecular weight is 442 g/mol. The fourth-order valence-electron chi connectivity index (χ4n) is 4.68. The summed E-state index contributed by atoms with van der Waals surface area (Å²) in [6.07, 6.45) is 3.10. The molecule has 2 aromatic rings. The molecule has 1 atom stereocenters. The molecule has 2 aliphatic rings.